The number of carbonyl (C=O) groups excluding carboxylic acids is 1. The fourth-order valence-electron chi connectivity index (χ4n) is 3.78. The molecule has 3 rings (SSSR count). The molecule has 0 aliphatic carbocycles. The number of hydrogen-bond acceptors (Lipinski definition) is 3. The zero-order chi connectivity index (χ0) is 15.5. The molecule has 2 aliphatic rings. The summed E-state index contributed by atoms with van der Waals surface area (Å²) in [6.45, 7) is 4.50. The number of carbonyl (C=O) groups is 1. The van der Waals surface area contributed by atoms with Gasteiger partial charge in [-0.1, -0.05) is 18.2 Å². The minimum Gasteiger partial charge on any atom is -0.393 e. The van der Waals surface area contributed by atoms with Gasteiger partial charge in [-0.25, -0.2) is 0 Å². The predicted molar refractivity (Wildman–Crippen MR) is 87.8 cm³/mol. The van der Waals surface area contributed by atoms with Crippen LogP contribution >= 0.6 is 0 Å². The maximum atomic E-state index is 12.9. The van der Waals surface area contributed by atoms with Gasteiger partial charge in [-0.3, -0.25) is 9.69 Å². The van der Waals surface area contributed by atoms with Gasteiger partial charge in [0, 0.05) is 18.8 Å². The van der Waals surface area contributed by atoms with Crippen LogP contribution < -0.4 is 4.90 Å². The molecule has 2 saturated heterocycles. The first-order valence-corrected chi connectivity index (χ1v) is 8.45. The van der Waals surface area contributed by atoms with Crippen molar-refractivity contribution in [3.8, 4) is 0 Å². The molecule has 4 nitrogen and oxygen atoms in total. The SMILES string of the molecule is CC(O)C1CCCN(C2CCCN(c3ccccc3)C2=O)C1. The Balaban J connectivity index is 1.72. The lowest BCUT2D eigenvalue weighted by molar-refractivity contribution is -0.126. The maximum absolute atomic E-state index is 12.9. The normalized spacial score (nSPS) is 28.6. The Morgan fingerprint density at radius 2 is 1.86 bits per heavy atom. The Kier molecular flexibility index (Phi) is 4.79. The van der Waals surface area contributed by atoms with Gasteiger partial charge in [-0.15, -0.1) is 0 Å². The molecule has 1 aromatic carbocycles. The number of amides is 1. The summed E-state index contributed by atoms with van der Waals surface area (Å²) in [6, 6.07) is 9.94. The third-order valence-electron chi connectivity index (χ3n) is 5.09. The molecule has 22 heavy (non-hydrogen) atoms. The van der Waals surface area contributed by atoms with Crippen LogP contribution in [-0.2, 0) is 4.79 Å². The van der Waals surface area contributed by atoms with E-state index < -0.39 is 0 Å². The molecule has 0 spiro atoms. The molecule has 2 aliphatic heterocycles. The van der Waals surface area contributed by atoms with Crippen molar-refractivity contribution in [2.24, 2.45) is 5.92 Å². The van der Waals surface area contributed by atoms with Crippen molar-refractivity contribution in [1.82, 2.24) is 4.90 Å². The summed E-state index contributed by atoms with van der Waals surface area (Å²) >= 11 is 0. The number of nitrogens with zero attached hydrogens (tertiary/aromatic N) is 2. The van der Waals surface area contributed by atoms with Crippen LogP contribution in [0.25, 0.3) is 0 Å². The highest BCUT2D eigenvalue weighted by atomic mass is 16.3. The lowest BCUT2D eigenvalue weighted by Gasteiger charge is -2.42. The minimum atomic E-state index is -0.285. The number of para-hydroxylation sites is 1. The van der Waals surface area contributed by atoms with Crippen LogP contribution in [0.2, 0.25) is 0 Å². The molecule has 0 aromatic heterocycles. The van der Waals surface area contributed by atoms with Crippen molar-refractivity contribution in [3.05, 3.63) is 30.3 Å². The van der Waals surface area contributed by atoms with E-state index >= 15 is 0 Å². The van der Waals surface area contributed by atoms with Crippen molar-refractivity contribution < 1.29 is 9.90 Å². The molecule has 1 N–H and O–H groups in total. The highest BCUT2D eigenvalue weighted by molar-refractivity contribution is 5.97. The Morgan fingerprint density at radius 3 is 2.59 bits per heavy atom. The van der Waals surface area contributed by atoms with Crippen molar-refractivity contribution in [2.75, 3.05) is 24.5 Å². The van der Waals surface area contributed by atoms with E-state index in [2.05, 4.69) is 4.90 Å². The predicted octanol–water partition coefficient (Wildman–Crippen LogP) is 2.27. The van der Waals surface area contributed by atoms with Crippen LogP contribution in [0.1, 0.15) is 32.6 Å². The van der Waals surface area contributed by atoms with E-state index in [1.165, 1.54) is 0 Å². The first kappa shape index (κ1) is 15.5. The fraction of sp³-hybridized carbons (Fsp3) is 0.611. The van der Waals surface area contributed by atoms with E-state index in [-0.39, 0.29) is 18.1 Å². The van der Waals surface area contributed by atoms with Crippen LogP contribution in [0.4, 0.5) is 5.69 Å². The molecule has 1 aromatic rings. The first-order valence-electron chi connectivity index (χ1n) is 8.45. The molecule has 1 amide bonds. The van der Waals surface area contributed by atoms with Gasteiger partial charge in [-0.05, 0) is 57.2 Å². The van der Waals surface area contributed by atoms with Crippen molar-refractivity contribution in [3.63, 3.8) is 0 Å². The Bertz CT molecular complexity index is 503. The van der Waals surface area contributed by atoms with E-state index in [0.717, 1.165) is 51.0 Å². The lowest BCUT2D eigenvalue weighted by Crippen LogP contribution is -2.55. The lowest BCUT2D eigenvalue weighted by atomic mass is 9.91. The summed E-state index contributed by atoms with van der Waals surface area (Å²) in [4.78, 5) is 17.2. The minimum absolute atomic E-state index is 0.0180. The van der Waals surface area contributed by atoms with Crippen LogP contribution in [0.3, 0.4) is 0 Å². The second-order valence-corrected chi connectivity index (χ2v) is 6.62. The second-order valence-electron chi connectivity index (χ2n) is 6.62. The Labute approximate surface area is 132 Å². The van der Waals surface area contributed by atoms with Gasteiger partial charge in [-0.2, -0.15) is 0 Å². The van der Waals surface area contributed by atoms with Crippen LogP contribution in [0.5, 0.6) is 0 Å². The zero-order valence-corrected chi connectivity index (χ0v) is 13.3. The number of aliphatic hydroxyl groups is 1. The standard InChI is InChI=1S/C18H26N2O2/c1-14(21)15-7-5-11-19(13-15)17-10-6-12-20(18(17)22)16-8-3-2-4-9-16/h2-4,8-9,14-15,17,21H,5-7,10-13H2,1H3. The van der Waals surface area contributed by atoms with Crippen LogP contribution in [-0.4, -0.2) is 47.7 Å². The largest absolute Gasteiger partial charge is 0.393 e. The molecular formula is C18H26N2O2. The van der Waals surface area contributed by atoms with Gasteiger partial charge in [0.1, 0.15) is 0 Å². The van der Waals surface area contributed by atoms with E-state index in [4.69, 9.17) is 0 Å². The van der Waals surface area contributed by atoms with E-state index in [9.17, 15) is 9.90 Å². The molecule has 0 radical (unpaired) electrons. The third-order valence-corrected chi connectivity index (χ3v) is 5.09. The number of aliphatic hydroxyl groups excluding tert-OH is 1. The summed E-state index contributed by atoms with van der Waals surface area (Å²) < 4.78 is 0. The van der Waals surface area contributed by atoms with E-state index in [0.29, 0.717) is 5.92 Å². The quantitative estimate of drug-likeness (QED) is 0.931. The van der Waals surface area contributed by atoms with Crippen LogP contribution in [0, 0.1) is 5.92 Å². The zero-order valence-electron chi connectivity index (χ0n) is 13.3. The summed E-state index contributed by atoms with van der Waals surface area (Å²) in [7, 11) is 0. The molecule has 2 heterocycles. The summed E-state index contributed by atoms with van der Waals surface area (Å²) in [5, 5.41) is 9.87. The third kappa shape index (κ3) is 3.18. The highest BCUT2D eigenvalue weighted by Crippen LogP contribution is 2.28. The van der Waals surface area contributed by atoms with E-state index in [1.54, 1.807) is 0 Å². The molecule has 0 saturated carbocycles. The Morgan fingerprint density at radius 1 is 1.14 bits per heavy atom. The van der Waals surface area contributed by atoms with Gasteiger partial charge in [0.25, 0.3) is 0 Å². The van der Waals surface area contributed by atoms with Crippen LogP contribution in [0.15, 0.2) is 30.3 Å². The molecular weight excluding hydrogens is 276 g/mol. The first-order chi connectivity index (χ1) is 10.7. The van der Waals surface area contributed by atoms with Gasteiger partial charge in [0.05, 0.1) is 12.1 Å². The monoisotopic (exact) mass is 302 g/mol. The summed E-state index contributed by atoms with van der Waals surface area (Å²) in [5.74, 6) is 0.525. The molecule has 3 atom stereocenters. The van der Waals surface area contributed by atoms with Gasteiger partial charge in [0.15, 0.2) is 0 Å². The maximum Gasteiger partial charge on any atom is 0.244 e. The molecule has 120 valence electrons. The van der Waals surface area contributed by atoms with E-state index in [1.807, 2.05) is 42.2 Å². The fourth-order valence-corrected chi connectivity index (χ4v) is 3.78. The number of piperidine rings is 2. The smallest absolute Gasteiger partial charge is 0.244 e. The number of rotatable bonds is 3. The number of likely N-dealkylation sites (tertiary alicyclic amines) is 1. The average molecular weight is 302 g/mol. The van der Waals surface area contributed by atoms with Crippen molar-refractivity contribution >= 4 is 11.6 Å². The topological polar surface area (TPSA) is 43.8 Å². The van der Waals surface area contributed by atoms with Gasteiger partial charge in [0.2, 0.25) is 5.91 Å². The van der Waals surface area contributed by atoms with Gasteiger partial charge >= 0.3 is 0 Å². The van der Waals surface area contributed by atoms with Gasteiger partial charge < -0.3 is 10.0 Å². The summed E-state index contributed by atoms with van der Waals surface area (Å²) in [5.41, 5.74) is 1.00. The summed E-state index contributed by atoms with van der Waals surface area (Å²) in [6.07, 6.45) is 3.84. The Hall–Kier alpha value is -1.39. The second kappa shape index (κ2) is 6.80. The number of benzene rings is 1. The van der Waals surface area contributed by atoms with Crippen molar-refractivity contribution in [2.45, 2.75) is 44.8 Å². The highest BCUT2D eigenvalue weighted by Gasteiger charge is 2.36. The number of anilines is 1. The number of hydrogen-bond donors (Lipinski definition) is 1. The molecule has 3 unspecified atom stereocenters. The van der Waals surface area contributed by atoms with Crippen molar-refractivity contribution in [1.29, 1.82) is 0 Å². The average Bonchev–Trinajstić information content (AvgIpc) is 2.56. The molecule has 2 fully saturated rings. The molecule has 0 bridgehead atoms. The molecule has 4 heteroatoms.